The minimum absolute atomic E-state index is 0.0176. The van der Waals surface area contributed by atoms with Crippen LogP contribution in [-0.2, 0) is 6.42 Å². The fraction of sp³-hybridized carbons (Fsp3) is 0.0690. The number of hydrogen-bond acceptors (Lipinski definition) is 5. The van der Waals surface area contributed by atoms with E-state index in [4.69, 9.17) is 22.9 Å². The van der Waals surface area contributed by atoms with Crippen molar-refractivity contribution in [3.05, 3.63) is 114 Å². The number of nitrogens with one attached hydrogen (secondary N) is 1. The number of rotatable bonds is 6. The number of hydrogen-bond donors (Lipinski definition) is 5. The lowest BCUT2D eigenvalue weighted by atomic mass is 9.84. The fourth-order valence-electron chi connectivity index (χ4n) is 4.58. The number of aromatic amines is 1. The van der Waals surface area contributed by atoms with Gasteiger partial charge in [-0.25, -0.2) is 4.98 Å². The number of imidazole rings is 1. The SMILES string of the molecule is Nc1ccccc1-c1cc(C(Cc2cnc[nH]2)c2ccc(N)c(-c3ccccc3N)c2)ccc1N. The minimum atomic E-state index is 0.0176. The second kappa shape index (κ2) is 9.27. The Balaban J connectivity index is 1.65. The number of nitrogens with zero attached hydrogens (tertiary/aromatic N) is 1. The van der Waals surface area contributed by atoms with Crippen molar-refractivity contribution in [3.63, 3.8) is 0 Å². The van der Waals surface area contributed by atoms with Crippen LogP contribution in [-0.4, -0.2) is 9.97 Å². The fourth-order valence-corrected chi connectivity index (χ4v) is 4.58. The molecule has 4 aromatic carbocycles. The highest BCUT2D eigenvalue weighted by molar-refractivity contribution is 5.86. The van der Waals surface area contributed by atoms with Gasteiger partial charge in [0.15, 0.2) is 0 Å². The maximum atomic E-state index is 6.40. The summed E-state index contributed by atoms with van der Waals surface area (Å²) < 4.78 is 0. The summed E-state index contributed by atoms with van der Waals surface area (Å²) in [6.07, 6.45) is 4.28. The Labute approximate surface area is 204 Å². The molecule has 9 N–H and O–H groups in total. The Hall–Kier alpha value is -4.71. The van der Waals surface area contributed by atoms with E-state index in [0.29, 0.717) is 22.7 Å². The monoisotopic (exact) mass is 460 g/mol. The van der Waals surface area contributed by atoms with E-state index >= 15 is 0 Å². The van der Waals surface area contributed by atoms with Gasteiger partial charge in [-0.05, 0) is 53.9 Å². The molecule has 6 nitrogen and oxygen atoms in total. The molecule has 1 heterocycles. The third-order valence-corrected chi connectivity index (χ3v) is 6.44. The molecule has 5 aromatic rings. The number of nitrogen functional groups attached to an aromatic ring is 4. The average molecular weight is 461 g/mol. The van der Waals surface area contributed by atoms with Crippen molar-refractivity contribution in [2.24, 2.45) is 0 Å². The summed E-state index contributed by atoms with van der Waals surface area (Å²) in [5.74, 6) is 0.0176. The lowest BCUT2D eigenvalue weighted by Crippen LogP contribution is -2.08. The van der Waals surface area contributed by atoms with Crippen LogP contribution in [0.1, 0.15) is 22.7 Å². The molecule has 0 amide bonds. The lowest BCUT2D eigenvalue weighted by Gasteiger charge is -2.21. The molecule has 0 aliphatic heterocycles. The number of benzene rings is 4. The molecule has 35 heavy (non-hydrogen) atoms. The maximum absolute atomic E-state index is 6.40. The molecule has 0 aliphatic carbocycles. The van der Waals surface area contributed by atoms with Crippen LogP contribution in [0.25, 0.3) is 22.3 Å². The topological polar surface area (TPSA) is 133 Å². The highest BCUT2D eigenvalue weighted by Crippen LogP contribution is 2.39. The van der Waals surface area contributed by atoms with Gasteiger partial charge in [0.1, 0.15) is 0 Å². The molecule has 1 aromatic heterocycles. The van der Waals surface area contributed by atoms with Crippen LogP contribution in [0.4, 0.5) is 22.7 Å². The number of anilines is 4. The molecule has 0 saturated carbocycles. The standard InChI is InChI=1S/C29H28N6/c30-26-7-3-1-5-21(26)24-13-18(9-11-28(24)32)23(15-20-16-34-17-35-20)19-10-12-29(33)25(14-19)22-6-2-4-8-27(22)31/h1-14,16-17,23H,15,30-33H2,(H,34,35). The molecule has 0 aliphatic rings. The summed E-state index contributed by atoms with van der Waals surface area (Å²) in [7, 11) is 0. The van der Waals surface area contributed by atoms with Gasteiger partial charge < -0.3 is 27.9 Å². The van der Waals surface area contributed by atoms with Crippen LogP contribution in [0.5, 0.6) is 0 Å². The van der Waals surface area contributed by atoms with Crippen LogP contribution in [0.3, 0.4) is 0 Å². The van der Waals surface area contributed by atoms with Crippen LogP contribution >= 0.6 is 0 Å². The zero-order valence-electron chi connectivity index (χ0n) is 19.3. The molecule has 0 unspecified atom stereocenters. The van der Waals surface area contributed by atoms with Gasteiger partial charge in [0.2, 0.25) is 0 Å². The number of nitrogens with two attached hydrogens (primary N) is 4. The van der Waals surface area contributed by atoms with Crippen molar-refractivity contribution in [2.45, 2.75) is 12.3 Å². The van der Waals surface area contributed by atoms with E-state index in [1.165, 1.54) is 0 Å². The smallest absolute Gasteiger partial charge is 0.0921 e. The van der Waals surface area contributed by atoms with Gasteiger partial charge in [0.25, 0.3) is 0 Å². The number of H-pyrrole nitrogens is 1. The summed E-state index contributed by atoms with van der Waals surface area (Å²) >= 11 is 0. The molecule has 0 atom stereocenters. The van der Waals surface area contributed by atoms with Crippen LogP contribution in [0.15, 0.2) is 97.5 Å². The van der Waals surface area contributed by atoms with Gasteiger partial charge in [-0.1, -0.05) is 48.5 Å². The lowest BCUT2D eigenvalue weighted by molar-refractivity contribution is 0.788. The normalized spacial score (nSPS) is 11.1. The zero-order valence-corrected chi connectivity index (χ0v) is 19.3. The third-order valence-electron chi connectivity index (χ3n) is 6.44. The van der Waals surface area contributed by atoms with Crippen LogP contribution in [0.2, 0.25) is 0 Å². The first-order chi connectivity index (χ1) is 17.0. The van der Waals surface area contributed by atoms with Crippen molar-refractivity contribution in [1.82, 2.24) is 9.97 Å². The Morgan fingerprint density at radius 3 is 1.54 bits per heavy atom. The van der Waals surface area contributed by atoms with Crippen molar-refractivity contribution in [2.75, 3.05) is 22.9 Å². The van der Waals surface area contributed by atoms with E-state index in [-0.39, 0.29) is 5.92 Å². The third kappa shape index (κ3) is 4.42. The number of para-hydroxylation sites is 2. The minimum Gasteiger partial charge on any atom is -0.398 e. The zero-order chi connectivity index (χ0) is 24.4. The van der Waals surface area contributed by atoms with Gasteiger partial charge >= 0.3 is 0 Å². The Morgan fingerprint density at radius 1 is 0.600 bits per heavy atom. The molecule has 0 spiro atoms. The molecule has 0 fully saturated rings. The van der Waals surface area contributed by atoms with Gasteiger partial charge in [-0.3, -0.25) is 0 Å². The highest BCUT2D eigenvalue weighted by Gasteiger charge is 2.20. The first-order valence-corrected chi connectivity index (χ1v) is 11.5. The van der Waals surface area contributed by atoms with Gasteiger partial charge in [-0.2, -0.15) is 0 Å². The molecule has 6 heteroatoms. The molecule has 0 bridgehead atoms. The largest absolute Gasteiger partial charge is 0.398 e. The number of aromatic nitrogens is 2. The van der Waals surface area contributed by atoms with Gasteiger partial charge in [0, 0.05) is 62.8 Å². The molecular formula is C29H28N6. The highest BCUT2D eigenvalue weighted by atomic mass is 14.9. The van der Waals surface area contributed by atoms with Crippen LogP contribution < -0.4 is 22.9 Å². The van der Waals surface area contributed by atoms with E-state index < -0.39 is 0 Å². The molecule has 0 saturated heterocycles. The van der Waals surface area contributed by atoms with Crippen molar-refractivity contribution < 1.29 is 0 Å². The van der Waals surface area contributed by atoms with Crippen molar-refractivity contribution >= 4 is 22.7 Å². The van der Waals surface area contributed by atoms with E-state index in [1.807, 2.05) is 66.9 Å². The van der Waals surface area contributed by atoms with E-state index in [0.717, 1.165) is 45.5 Å². The summed E-state index contributed by atoms with van der Waals surface area (Å²) in [5.41, 5.74) is 35.1. The summed E-state index contributed by atoms with van der Waals surface area (Å²) in [4.78, 5) is 7.46. The van der Waals surface area contributed by atoms with Crippen molar-refractivity contribution in [3.8, 4) is 22.3 Å². The van der Waals surface area contributed by atoms with E-state index in [1.54, 1.807) is 6.33 Å². The van der Waals surface area contributed by atoms with Gasteiger partial charge in [0.05, 0.1) is 6.33 Å². The quantitative estimate of drug-likeness (QED) is 0.215. The predicted octanol–water partition coefficient (Wildman–Crippen LogP) is 5.45. The van der Waals surface area contributed by atoms with E-state index in [2.05, 4.69) is 34.2 Å². The second-order valence-corrected chi connectivity index (χ2v) is 8.70. The predicted molar refractivity (Wildman–Crippen MR) is 146 cm³/mol. The Kier molecular flexibility index (Phi) is 5.85. The summed E-state index contributed by atoms with van der Waals surface area (Å²) in [5, 5.41) is 0. The molecular weight excluding hydrogens is 432 g/mol. The average Bonchev–Trinajstić information content (AvgIpc) is 3.38. The Bertz CT molecular complexity index is 1380. The van der Waals surface area contributed by atoms with Crippen LogP contribution in [0, 0.1) is 0 Å². The molecule has 5 rings (SSSR count). The Morgan fingerprint density at radius 2 is 1.09 bits per heavy atom. The second-order valence-electron chi connectivity index (χ2n) is 8.70. The first kappa shape index (κ1) is 22.1. The van der Waals surface area contributed by atoms with Crippen molar-refractivity contribution in [1.29, 1.82) is 0 Å². The first-order valence-electron chi connectivity index (χ1n) is 11.5. The summed E-state index contributed by atoms with van der Waals surface area (Å²) in [6.45, 7) is 0. The maximum Gasteiger partial charge on any atom is 0.0921 e. The molecule has 174 valence electrons. The summed E-state index contributed by atoms with van der Waals surface area (Å²) in [6, 6.07) is 27.9. The van der Waals surface area contributed by atoms with E-state index in [9.17, 15) is 0 Å². The van der Waals surface area contributed by atoms with Gasteiger partial charge in [-0.15, -0.1) is 0 Å². The molecule has 0 radical (unpaired) electrons.